The third kappa shape index (κ3) is 2.73. The second-order valence-corrected chi connectivity index (χ2v) is 5.08. The number of aliphatic carboxylic acids is 1. The maximum Gasteiger partial charge on any atom is 0.312 e. The molecule has 1 aromatic carbocycles. The summed E-state index contributed by atoms with van der Waals surface area (Å²) in [5.74, 6) is -1.67. The number of carbonyl (C=O) groups is 1. The molecule has 0 bridgehead atoms. The van der Waals surface area contributed by atoms with Crippen LogP contribution >= 0.6 is 11.6 Å². The maximum atomic E-state index is 11.6. The summed E-state index contributed by atoms with van der Waals surface area (Å²) < 4.78 is 1.60. The molecule has 106 valence electrons. The molecule has 6 heteroatoms. The lowest BCUT2D eigenvalue weighted by molar-refractivity contribution is -0.138. The first-order chi connectivity index (χ1) is 10.1. The summed E-state index contributed by atoms with van der Waals surface area (Å²) in [7, 11) is 0. The third-order valence-electron chi connectivity index (χ3n) is 3.32. The largest absolute Gasteiger partial charge is 0.481 e. The molecule has 0 spiro atoms. The number of nitrogens with zero attached hydrogens (tertiary/aromatic N) is 3. The summed E-state index contributed by atoms with van der Waals surface area (Å²) >= 11 is 6.11. The van der Waals surface area contributed by atoms with Gasteiger partial charge in [0.1, 0.15) is 5.92 Å². The number of rotatable bonds is 4. The molecule has 1 atom stereocenters. The smallest absolute Gasteiger partial charge is 0.312 e. The molecule has 1 unspecified atom stereocenters. The standard InChI is InChI=1S/C15H12ClN3O2/c16-12-4-2-1-3-10(12)9-11(15(20)21)13-6-8-19-14(18-13)5-7-17-19/h1-8,11H,9H2,(H,20,21). The number of fused-ring (bicyclic) bond motifs is 1. The Labute approximate surface area is 125 Å². The van der Waals surface area contributed by atoms with E-state index in [1.54, 1.807) is 35.1 Å². The van der Waals surface area contributed by atoms with Gasteiger partial charge >= 0.3 is 5.97 Å². The predicted molar refractivity (Wildman–Crippen MR) is 78.5 cm³/mol. The molecule has 0 aliphatic carbocycles. The zero-order valence-corrected chi connectivity index (χ0v) is 11.7. The minimum absolute atomic E-state index is 0.298. The van der Waals surface area contributed by atoms with Crippen molar-refractivity contribution < 1.29 is 9.90 Å². The second kappa shape index (κ2) is 5.54. The van der Waals surface area contributed by atoms with E-state index in [4.69, 9.17) is 11.6 Å². The zero-order valence-electron chi connectivity index (χ0n) is 11.0. The Balaban J connectivity index is 1.97. The molecule has 0 fully saturated rings. The second-order valence-electron chi connectivity index (χ2n) is 4.67. The van der Waals surface area contributed by atoms with Crippen LogP contribution in [0.25, 0.3) is 5.65 Å². The lowest BCUT2D eigenvalue weighted by Gasteiger charge is -2.13. The van der Waals surface area contributed by atoms with Crippen LogP contribution in [0.2, 0.25) is 5.02 Å². The Hall–Kier alpha value is -2.40. The van der Waals surface area contributed by atoms with E-state index in [0.29, 0.717) is 22.8 Å². The van der Waals surface area contributed by atoms with E-state index in [0.717, 1.165) is 5.56 Å². The summed E-state index contributed by atoms with van der Waals surface area (Å²) in [6.07, 6.45) is 3.63. The zero-order chi connectivity index (χ0) is 14.8. The molecule has 3 rings (SSSR count). The van der Waals surface area contributed by atoms with E-state index in [1.165, 1.54) is 0 Å². The van der Waals surface area contributed by atoms with Gasteiger partial charge in [0, 0.05) is 17.3 Å². The highest BCUT2D eigenvalue weighted by Gasteiger charge is 2.23. The van der Waals surface area contributed by atoms with Gasteiger partial charge in [-0.25, -0.2) is 9.50 Å². The molecule has 2 aromatic heterocycles. The number of benzene rings is 1. The number of hydrogen-bond donors (Lipinski definition) is 1. The van der Waals surface area contributed by atoms with Gasteiger partial charge in [0.05, 0.1) is 11.9 Å². The quantitative estimate of drug-likeness (QED) is 0.804. The minimum Gasteiger partial charge on any atom is -0.481 e. The highest BCUT2D eigenvalue weighted by molar-refractivity contribution is 6.31. The molecule has 3 aromatic rings. The molecule has 2 heterocycles. The van der Waals surface area contributed by atoms with E-state index >= 15 is 0 Å². The topological polar surface area (TPSA) is 67.5 Å². The van der Waals surface area contributed by atoms with Crippen LogP contribution in [0.1, 0.15) is 17.2 Å². The van der Waals surface area contributed by atoms with Gasteiger partial charge in [-0.2, -0.15) is 5.10 Å². The van der Waals surface area contributed by atoms with Gasteiger partial charge in [0.2, 0.25) is 0 Å². The maximum absolute atomic E-state index is 11.6. The summed E-state index contributed by atoms with van der Waals surface area (Å²) in [6.45, 7) is 0. The summed E-state index contributed by atoms with van der Waals surface area (Å²) in [5.41, 5.74) is 1.91. The number of carboxylic acids is 1. The van der Waals surface area contributed by atoms with Crippen LogP contribution in [-0.2, 0) is 11.2 Å². The van der Waals surface area contributed by atoms with Crippen LogP contribution < -0.4 is 0 Å². The lowest BCUT2D eigenvalue weighted by Crippen LogP contribution is -2.16. The predicted octanol–water partition coefficient (Wildman–Crippen LogP) is 2.79. The van der Waals surface area contributed by atoms with Crippen LogP contribution in [0.3, 0.4) is 0 Å². The SMILES string of the molecule is O=C(O)C(Cc1ccccc1Cl)c1ccn2nccc2n1. The molecule has 0 amide bonds. The first kappa shape index (κ1) is 13.6. The van der Waals surface area contributed by atoms with Crippen LogP contribution in [0.5, 0.6) is 0 Å². The summed E-state index contributed by atoms with van der Waals surface area (Å²) in [6, 6.07) is 10.7. The molecule has 0 radical (unpaired) electrons. The normalized spacial score (nSPS) is 12.4. The Morgan fingerprint density at radius 3 is 2.86 bits per heavy atom. The van der Waals surface area contributed by atoms with Gasteiger partial charge in [-0.05, 0) is 24.1 Å². The van der Waals surface area contributed by atoms with Gasteiger partial charge < -0.3 is 5.11 Å². The summed E-state index contributed by atoms with van der Waals surface area (Å²) in [4.78, 5) is 15.9. The van der Waals surface area contributed by atoms with Crippen molar-refractivity contribution in [1.29, 1.82) is 0 Å². The van der Waals surface area contributed by atoms with Crippen molar-refractivity contribution in [3.8, 4) is 0 Å². The fourth-order valence-corrected chi connectivity index (χ4v) is 2.44. The van der Waals surface area contributed by atoms with Crippen molar-refractivity contribution in [3.63, 3.8) is 0 Å². The van der Waals surface area contributed by atoms with Gasteiger partial charge in [-0.3, -0.25) is 4.79 Å². The Morgan fingerprint density at radius 2 is 2.10 bits per heavy atom. The Kier molecular flexibility index (Phi) is 3.58. The molecule has 0 saturated heterocycles. The average Bonchev–Trinajstić information content (AvgIpc) is 2.93. The monoisotopic (exact) mass is 301 g/mol. The van der Waals surface area contributed by atoms with Crippen LogP contribution in [0, 0.1) is 0 Å². The summed E-state index contributed by atoms with van der Waals surface area (Å²) in [5, 5.41) is 14.1. The average molecular weight is 302 g/mol. The molecule has 0 aliphatic rings. The van der Waals surface area contributed by atoms with Crippen molar-refractivity contribution >= 4 is 23.2 Å². The van der Waals surface area contributed by atoms with E-state index in [9.17, 15) is 9.90 Å². The molecule has 1 N–H and O–H groups in total. The third-order valence-corrected chi connectivity index (χ3v) is 3.69. The molecular weight excluding hydrogens is 290 g/mol. The van der Waals surface area contributed by atoms with E-state index < -0.39 is 11.9 Å². The molecular formula is C15H12ClN3O2. The van der Waals surface area contributed by atoms with Gasteiger partial charge in [0.25, 0.3) is 0 Å². The number of halogens is 1. The molecule has 5 nitrogen and oxygen atoms in total. The van der Waals surface area contributed by atoms with Crippen molar-refractivity contribution in [1.82, 2.24) is 14.6 Å². The molecule has 21 heavy (non-hydrogen) atoms. The Morgan fingerprint density at radius 1 is 1.29 bits per heavy atom. The van der Waals surface area contributed by atoms with Crippen LogP contribution in [0.4, 0.5) is 0 Å². The number of carboxylic acid groups (broad SMARTS) is 1. The first-order valence-electron chi connectivity index (χ1n) is 6.41. The highest BCUT2D eigenvalue weighted by atomic mass is 35.5. The first-order valence-corrected chi connectivity index (χ1v) is 6.79. The van der Waals surface area contributed by atoms with Crippen LogP contribution in [-0.4, -0.2) is 25.7 Å². The van der Waals surface area contributed by atoms with E-state index in [2.05, 4.69) is 10.1 Å². The minimum atomic E-state index is -0.925. The van der Waals surface area contributed by atoms with Crippen molar-refractivity contribution in [2.24, 2.45) is 0 Å². The van der Waals surface area contributed by atoms with Crippen molar-refractivity contribution in [3.05, 3.63) is 65.1 Å². The lowest BCUT2D eigenvalue weighted by atomic mass is 9.96. The number of aromatic nitrogens is 3. The van der Waals surface area contributed by atoms with Gasteiger partial charge in [-0.15, -0.1) is 0 Å². The Bertz CT molecular complexity index is 800. The van der Waals surface area contributed by atoms with Crippen molar-refractivity contribution in [2.45, 2.75) is 12.3 Å². The van der Waals surface area contributed by atoms with Crippen LogP contribution in [0.15, 0.2) is 48.8 Å². The van der Waals surface area contributed by atoms with Crippen molar-refractivity contribution in [2.75, 3.05) is 0 Å². The van der Waals surface area contributed by atoms with Gasteiger partial charge in [-0.1, -0.05) is 29.8 Å². The van der Waals surface area contributed by atoms with E-state index in [-0.39, 0.29) is 0 Å². The van der Waals surface area contributed by atoms with E-state index in [1.807, 2.05) is 18.2 Å². The number of hydrogen-bond acceptors (Lipinski definition) is 3. The highest BCUT2D eigenvalue weighted by Crippen LogP contribution is 2.24. The fraction of sp³-hybridized carbons (Fsp3) is 0.133. The fourth-order valence-electron chi connectivity index (χ4n) is 2.22. The van der Waals surface area contributed by atoms with Gasteiger partial charge in [0.15, 0.2) is 5.65 Å². The molecule has 0 saturated carbocycles. The molecule has 0 aliphatic heterocycles.